The molecule has 11 nitrogen and oxygen atoms in total. The van der Waals surface area contributed by atoms with Crippen molar-refractivity contribution in [3.63, 3.8) is 0 Å². The van der Waals surface area contributed by atoms with Crippen molar-refractivity contribution in [2.75, 3.05) is 5.32 Å². The normalized spacial score (nSPS) is 15.8. The van der Waals surface area contributed by atoms with Gasteiger partial charge < -0.3 is 15.2 Å². The average Bonchev–Trinajstić information content (AvgIpc) is 3.75. The van der Waals surface area contributed by atoms with E-state index in [1.807, 2.05) is 0 Å². The van der Waals surface area contributed by atoms with Crippen LogP contribution in [0.5, 0.6) is 0 Å². The molecule has 2 aliphatic carbocycles. The second-order valence-corrected chi connectivity index (χ2v) is 9.03. The topological polar surface area (TPSA) is 156 Å². The summed E-state index contributed by atoms with van der Waals surface area (Å²) in [5.74, 6) is 0.679. The number of nitriles is 1. The minimum Gasteiger partial charge on any atom is -0.340 e. The van der Waals surface area contributed by atoms with Crippen LogP contribution in [0.4, 0.5) is 5.69 Å². The van der Waals surface area contributed by atoms with E-state index in [9.17, 15) is 19.6 Å². The van der Waals surface area contributed by atoms with E-state index in [0.29, 0.717) is 52.9 Å². The number of aromatic nitrogens is 4. The maximum Gasteiger partial charge on any atom is 0.254 e. The maximum absolute atomic E-state index is 13.0. The Balaban J connectivity index is 1.38. The Kier molecular flexibility index (Phi) is 5.43. The van der Waals surface area contributed by atoms with Crippen LogP contribution in [0.15, 0.2) is 33.6 Å². The smallest absolute Gasteiger partial charge is 0.254 e. The Hall–Kier alpha value is -4.33. The summed E-state index contributed by atoms with van der Waals surface area (Å²) in [6, 6.07) is 8.21. The van der Waals surface area contributed by atoms with Gasteiger partial charge in [0.1, 0.15) is 17.9 Å². The SMILES string of the molecule is Cc1noc(C2(NC(=O)Cn3c(C)nc(-c4ccc(C#N)cc4NC(=O)C4CC4)cc3=O)CC2)n1. The van der Waals surface area contributed by atoms with Gasteiger partial charge in [-0.2, -0.15) is 10.2 Å². The van der Waals surface area contributed by atoms with Gasteiger partial charge in [0.15, 0.2) is 5.82 Å². The summed E-state index contributed by atoms with van der Waals surface area (Å²) in [5.41, 5.74) is 0.587. The van der Waals surface area contributed by atoms with Crippen molar-refractivity contribution < 1.29 is 14.1 Å². The summed E-state index contributed by atoms with van der Waals surface area (Å²) in [7, 11) is 0. The highest BCUT2D eigenvalue weighted by molar-refractivity contribution is 5.97. The van der Waals surface area contributed by atoms with Gasteiger partial charge in [-0.1, -0.05) is 5.16 Å². The number of carbonyl (C=O) groups is 2. The molecule has 0 radical (unpaired) electrons. The van der Waals surface area contributed by atoms with Crippen molar-refractivity contribution in [1.29, 1.82) is 5.26 Å². The Labute approximate surface area is 200 Å². The summed E-state index contributed by atoms with van der Waals surface area (Å²) in [6.45, 7) is 3.13. The highest BCUT2D eigenvalue weighted by Crippen LogP contribution is 2.44. The molecule has 11 heteroatoms. The molecule has 2 N–H and O–H groups in total. The third-order valence-electron chi connectivity index (χ3n) is 6.20. The lowest BCUT2D eigenvalue weighted by Gasteiger charge is -2.16. The fourth-order valence-corrected chi connectivity index (χ4v) is 3.93. The Morgan fingerprint density at radius 1 is 1.23 bits per heavy atom. The van der Waals surface area contributed by atoms with E-state index < -0.39 is 11.1 Å². The third-order valence-corrected chi connectivity index (χ3v) is 6.20. The van der Waals surface area contributed by atoms with Crippen LogP contribution < -0.4 is 16.2 Å². The molecule has 2 heterocycles. The Bertz CT molecular complexity index is 1440. The van der Waals surface area contributed by atoms with Crippen molar-refractivity contribution in [3.8, 4) is 17.3 Å². The van der Waals surface area contributed by atoms with E-state index in [-0.39, 0.29) is 24.3 Å². The molecule has 1 aromatic carbocycles. The molecule has 2 amide bonds. The second kappa shape index (κ2) is 8.47. The van der Waals surface area contributed by atoms with E-state index in [1.165, 1.54) is 10.6 Å². The Morgan fingerprint density at radius 2 is 2.00 bits per heavy atom. The van der Waals surface area contributed by atoms with Crippen LogP contribution in [0, 0.1) is 31.1 Å². The lowest BCUT2D eigenvalue weighted by atomic mass is 10.1. The van der Waals surface area contributed by atoms with Crippen molar-refractivity contribution in [2.24, 2.45) is 5.92 Å². The molecule has 178 valence electrons. The minimum atomic E-state index is -0.680. The van der Waals surface area contributed by atoms with E-state index in [0.717, 1.165) is 12.8 Å². The van der Waals surface area contributed by atoms with Crippen LogP contribution in [0.2, 0.25) is 0 Å². The van der Waals surface area contributed by atoms with Gasteiger partial charge in [-0.15, -0.1) is 0 Å². The number of benzene rings is 1. The molecule has 5 rings (SSSR count). The van der Waals surface area contributed by atoms with E-state index >= 15 is 0 Å². The van der Waals surface area contributed by atoms with Crippen molar-refractivity contribution in [2.45, 2.75) is 51.6 Å². The van der Waals surface area contributed by atoms with E-state index in [4.69, 9.17) is 4.52 Å². The van der Waals surface area contributed by atoms with Crippen molar-refractivity contribution in [1.82, 2.24) is 25.0 Å². The van der Waals surface area contributed by atoms with E-state index in [2.05, 4.69) is 31.8 Å². The maximum atomic E-state index is 13.0. The van der Waals surface area contributed by atoms with Crippen LogP contribution in [0.25, 0.3) is 11.3 Å². The molecule has 2 fully saturated rings. The fourth-order valence-electron chi connectivity index (χ4n) is 3.93. The first-order valence-corrected chi connectivity index (χ1v) is 11.3. The molecule has 0 saturated heterocycles. The molecule has 3 aromatic rings. The monoisotopic (exact) mass is 473 g/mol. The third kappa shape index (κ3) is 4.55. The molecule has 2 saturated carbocycles. The zero-order chi connectivity index (χ0) is 24.7. The van der Waals surface area contributed by atoms with Crippen LogP contribution in [0.3, 0.4) is 0 Å². The standard InChI is InChI=1S/C24H23N7O4/c1-13-26-23(35-30-13)24(7-8-24)29-20(32)12-31-14(2)27-19(10-21(31)33)17-6-3-15(11-25)9-18(17)28-22(34)16-4-5-16/h3,6,9-10,16H,4-5,7-8,12H2,1-2H3,(H,28,34)(H,29,32). The predicted molar refractivity (Wildman–Crippen MR) is 123 cm³/mol. The van der Waals surface area contributed by atoms with Gasteiger partial charge in [0.25, 0.3) is 11.4 Å². The average molecular weight is 473 g/mol. The van der Waals surface area contributed by atoms with Gasteiger partial charge in [0, 0.05) is 17.5 Å². The number of rotatable bonds is 7. The molecular formula is C24H23N7O4. The van der Waals surface area contributed by atoms with Crippen LogP contribution >= 0.6 is 0 Å². The molecule has 2 aromatic heterocycles. The van der Waals surface area contributed by atoms with Gasteiger partial charge in [-0.25, -0.2) is 4.98 Å². The van der Waals surface area contributed by atoms with Crippen molar-refractivity contribution >= 4 is 17.5 Å². The highest BCUT2D eigenvalue weighted by atomic mass is 16.5. The number of aryl methyl sites for hydroxylation is 2. The zero-order valence-electron chi connectivity index (χ0n) is 19.3. The van der Waals surface area contributed by atoms with Crippen molar-refractivity contribution in [3.05, 3.63) is 57.7 Å². The van der Waals surface area contributed by atoms with Crippen LogP contribution in [0.1, 0.15) is 48.8 Å². The number of carbonyl (C=O) groups excluding carboxylic acids is 2. The summed E-state index contributed by atoms with van der Waals surface area (Å²) >= 11 is 0. The number of nitrogens with zero attached hydrogens (tertiary/aromatic N) is 5. The Morgan fingerprint density at radius 3 is 2.60 bits per heavy atom. The summed E-state index contributed by atoms with van der Waals surface area (Å²) in [6.07, 6.45) is 3.03. The van der Waals surface area contributed by atoms with Crippen LogP contribution in [-0.2, 0) is 21.7 Å². The molecule has 0 bridgehead atoms. The molecule has 0 spiro atoms. The second-order valence-electron chi connectivity index (χ2n) is 9.03. The van der Waals surface area contributed by atoms with Gasteiger partial charge in [0.2, 0.25) is 11.8 Å². The number of anilines is 1. The van der Waals surface area contributed by atoms with Gasteiger partial charge in [0.05, 0.1) is 23.0 Å². The zero-order valence-corrected chi connectivity index (χ0v) is 19.3. The minimum absolute atomic E-state index is 0.0272. The molecule has 0 atom stereocenters. The first-order valence-electron chi connectivity index (χ1n) is 11.3. The first-order chi connectivity index (χ1) is 16.8. The quantitative estimate of drug-likeness (QED) is 0.527. The van der Waals surface area contributed by atoms with Gasteiger partial charge >= 0.3 is 0 Å². The largest absolute Gasteiger partial charge is 0.340 e. The summed E-state index contributed by atoms with van der Waals surface area (Å²) in [5, 5.41) is 18.8. The number of hydrogen-bond donors (Lipinski definition) is 2. The molecular weight excluding hydrogens is 450 g/mol. The number of nitrogens with one attached hydrogen (secondary N) is 2. The predicted octanol–water partition coefficient (Wildman–Crippen LogP) is 1.94. The van der Waals surface area contributed by atoms with Gasteiger partial charge in [-0.3, -0.25) is 19.0 Å². The lowest BCUT2D eigenvalue weighted by molar-refractivity contribution is -0.123. The molecule has 35 heavy (non-hydrogen) atoms. The summed E-state index contributed by atoms with van der Waals surface area (Å²) < 4.78 is 6.50. The molecule has 2 aliphatic rings. The molecule has 0 aliphatic heterocycles. The first kappa shape index (κ1) is 22.5. The lowest BCUT2D eigenvalue weighted by Crippen LogP contribution is -2.40. The fraction of sp³-hybridized carbons (Fsp3) is 0.375. The molecule has 0 unspecified atom stereocenters. The summed E-state index contributed by atoms with van der Waals surface area (Å²) in [4.78, 5) is 46.8. The highest BCUT2D eigenvalue weighted by Gasteiger charge is 2.50. The number of amides is 2. The van der Waals surface area contributed by atoms with Crippen LogP contribution in [-0.4, -0.2) is 31.5 Å². The van der Waals surface area contributed by atoms with E-state index in [1.54, 1.807) is 32.0 Å². The van der Waals surface area contributed by atoms with Gasteiger partial charge in [-0.05, 0) is 57.7 Å². The number of hydrogen-bond acceptors (Lipinski definition) is 8.